The number of halogens is 3. The first-order chi connectivity index (χ1) is 20.7. The molecule has 1 atom stereocenters. The summed E-state index contributed by atoms with van der Waals surface area (Å²) in [5, 5.41) is 5.26. The van der Waals surface area contributed by atoms with Gasteiger partial charge in [0.05, 0.1) is 5.56 Å². The van der Waals surface area contributed by atoms with Gasteiger partial charge in [0.2, 0.25) is 11.5 Å². The number of benzene rings is 3. The summed E-state index contributed by atoms with van der Waals surface area (Å²) in [6, 6.07) is 22.8. The normalized spacial score (nSPS) is 12.5. The van der Waals surface area contributed by atoms with E-state index in [1.54, 1.807) is 76.2 Å². The molecule has 0 aliphatic heterocycles. The number of carbonyl (C=O) groups is 2. The Morgan fingerprint density at radius 1 is 0.818 bits per heavy atom. The van der Waals surface area contributed by atoms with Gasteiger partial charge in [-0.1, -0.05) is 66.7 Å². The Morgan fingerprint density at radius 3 is 1.89 bits per heavy atom. The highest BCUT2D eigenvalue weighted by Crippen LogP contribution is 2.39. The van der Waals surface area contributed by atoms with E-state index in [2.05, 4.69) is 10.6 Å². The van der Waals surface area contributed by atoms with Crippen LogP contribution >= 0.6 is 0 Å². The monoisotopic (exact) mass is 605 g/mol. The third-order valence-corrected chi connectivity index (χ3v) is 7.10. The van der Waals surface area contributed by atoms with Crippen LogP contribution < -0.4 is 16.2 Å². The van der Waals surface area contributed by atoms with Crippen molar-refractivity contribution in [3.8, 4) is 11.1 Å². The van der Waals surface area contributed by atoms with Gasteiger partial charge in [0.15, 0.2) is 0 Å². The molecule has 0 saturated carbocycles. The molecule has 0 spiro atoms. The van der Waals surface area contributed by atoms with Gasteiger partial charge in [0.1, 0.15) is 11.6 Å². The van der Waals surface area contributed by atoms with E-state index in [0.29, 0.717) is 16.8 Å². The number of carbonyl (C=O) groups excluding carboxylic acids is 2. The van der Waals surface area contributed by atoms with Crippen LogP contribution in [0.2, 0.25) is 0 Å². The summed E-state index contributed by atoms with van der Waals surface area (Å²) in [7, 11) is 1.48. The topological polar surface area (TPSA) is 89.4 Å². The standard InChI is InChI=1S/C34H34F3N3O4/c1-21-25(18-19-28(41)40(21)5)26-17-16-24(20-27(26)34(35,36)37)38-31(42)30(39-32(43)44-33(2,3)4)29(22-12-8-6-9-13-22)23-14-10-7-11-15-23/h6-20,29-30H,1-5H3,(H,38,42)(H,39,43). The van der Waals surface area contributed by atoms with Crippen LogP contribution in [0.1, 0.15) is 49.1 Å². The van der Waals surface area contributed by atoms with Gasteiger partial charge in [-0.15, -0.1) is 0 Å². The minimum absolute atomic E-state index is 0.121. The van der Waals surface area contributed by atoms with Crippen molar-refractivity contribution < 1.29 is 27.5 Å². The lowest BCUT2D eigenvalue weighted by Crippen LogP contribution is -2.49. The minimum atomic E-state index is -4.78. The lowest BCUT2D eigenvalue weighted by atomic mass is 9.84. The van der Waals surface area contributed by atoms with Gasteiger partial charge >= 0.3 is 12.3 Å². The predicted molar refractivity (Wildman–Crippen MR) is 163 cm³/mol. The Kier molecular flexibility index (Phi) is 9.32. The van der Waals surface area contributed by atoms with Crippen LogP contribution in [0, 0.1) is 6.92 Å². The lowest BCUT2D eigenvalue weighted by Gasteiger charge is -2.29. The molecule has 1 aromatic heterocycles. The third kappa shape index (κ3) is 7.55. The molecule has 4 rings (SSSR count). The number of rotatable bonds is 7. The quantitative estimate of drug-likeness (QED) is 0.237. The van der Waals surface area contributed by atoms with Crippen molar-refractivity contribution in [2.24, 2.45) is 7.05 Å². The smallest absolute Gasteiger partial charge is 0.417 e. The number of anilines is 1. The molecule has 10 heteroatoms. The molecular formula is C34H34F3N3O4. The fraction of sp³-hybridized carbons (Fsp3) is 0.265. The van der Waals surface area contributed by atoms with E-state index < -0.39 is 41.3 Å². The fourth-order valence-electron chi connectivity index (χ4n) is 4.96. The zero-order chi connectivity index (χ0) is 32.2. The van der Waals surface area contributed by atoms with E-state index in [4.69, 9.17) is 4.74 Å². The molecule has 7 nitrogen and oxygen atoms in total. The molecule has 230 valence electrons. The number of ether oxygens (including phenoxy) is 1. The van der Waals surface area contributed by atoms with Gasteiger partial charge in [-0.2, -0.15) is 13.2 Å². The van der Waals surface area contributed by atoms with E-state index in [-0.39, 0.29) is 22.4 Å². The van der Waals surface area contributed by atoms with Crippen molar-refractivity contribution in [2.75, 3.05) is 5.32 Å². The Balaban J connectivity index is 1.78. The van der Waals surface area contributed by atoms with E-state index in [9.17, 15) is 27.6 Å². The van der Waals surface area contributed by atoms with Crippen LogP contribution in [0.5, 0.6) is 0 Å². The van der Waals surface area contributed by atoms with Crippen molar-refractivity contribution in [1.29, 1.82) is 0 Å². The third-order valence-electron chi connectivity index (χ3n) is 7.10. The molecule has 0 fully saturated rings. The lowest BCUT2D eigenvalue weighted by molar-refractivity contribution is -0.137. The highest BCUT2D eigenvalue weighted by atomic mass is 19.4. The van der Waals surface area contributed by atoms with Crippen molar-refractivity contribution in [1.82, 2.24) is 9.88 Å². The number of hydrogen-bond acceptors (Lipinski definition) is 4. The molecule has 1 heterocycles. The number of alkyl halides is 3. The largest absolute Gasteiger partial charge is 0.444 e. The van der Waals surface area contributed by atoms with Gasteiger partial charge < -0.3 is 19.9 Å². The number of hydrogen-bond donors (Lipinski definition) is 2. The van der Waals surface area contributed by atoms with Gasteiger partial charge in [0.25, 0.3) is 0 Å². The van der Waals surface area contributed by atoms with Crippen molar-refractivity contribution >= 4 is 17.7 Å². The first kappa shape index (κ1) is 32.1. The van der Waals surface area contributed by atoms with Crippen LogP contribution in [0.4, 0.5) is 23.7 Å². The van der Waals surface area contributed by atoms with E-state index >= 15 is 0 Å². The van der Waals surface area contributed by atoms with Crippen LogP contribution in [0.15, 0.2) is 95.8 Å². The predicted octanol–water partition coefficient (Wildman–Crippen LogP) is 7.04. The molecular weight excluding hydrogens is 571 g/mol. The van der Waals surface area contributed by atoms with Gasteiger partial charge in [-0.3, -0.25) is 9.59 Å². The molecule has 0 aliphatic rings. The Bertz CT molecular complexity index is 1660. The molecule has 2 N–H and O–H groups in total. The van der Waals surface area contributed by atoms with Crippen LogP contribution in [0.3, 0.4) is 0 Å². The SMILES string of the molecule is Cc1c(-c2ccc(NC(=O)C(NC(=O)OC(C)(C)C)C(c3ccccc3)c3ccccc3)cc2C(F)(F)F)ccc(=O)n1C. The zero-order valence-corrected chi connectivity index (χ0v) is 25.0. The number of alkyl carbamates (subject to hydrolysis) is 1. The number of aromatic nitrogens is 1. The van der Waals surface area contributed by atoms with Crippen molar-refractivity contribution in [3.63, 3.8) is 0 Å². The highest BCUT2D eigenvalue weighted by Gasteiger charge is 2.37. The number of amides is 2. The zero-order valence-electron chi connectivity index (χ0n) is 25.0. The van der Waals surface area contributed by atoms with E-state index in [0.717, 1.165) is 6.07 Å². The Morgan fingerprint density at radius 2 is 1.36 bits per heavy atom. The summed E-state index contributed by atoms with van der Waals surface area (Å²) < 4.78 is 49.8. The molecule has 0 saturated heterocycles. The molecule has 4 aromatic rings. The summed E-state index contributed by atoms with van der Waals surface area (Å²) in [5.41, 5.74) is -0.475. The van der Waals surface area contributed by atoms with Crippen molar-refractivity contribution in [2.45, 2.75) is 51.4 Å². The van der Waals surface area contributed by atoms with Crippen molar-refractivity contribution in [3.05, 3.63) is 124 Å². The van der Waals surface area contributed by atoms with Gasteiger partial charge in [0, 0.05) is 36.0 Å². The molecule has 1 unspecified atom stereocenters. The first-order valence-corrected chi connectivity index (χ1v) is 13.9. The van der Waals surface area contributed by atoms with Gasteiger partial charge in [-0.25, -0.2) is 4.79 Å². The molecule has 0 bridgehead atoms. The number of nitrogens with zero attached hydrogens (tertiary/aromatic N) is 1. The number of pyridine rings is 1. The first-order valence-electron chi connectivity index (χ1n) is 13.9. The second-order valence-electron chi connectivity index (χ2n) is 11.4. The molecule has 2 amide bonds. The average Bonchev–Trinajstić information content (AvgIpc) is 2.95. The molecule has 3 aromatic carbocycles. The molecule has 0 aliphatic carbocycles. The second kappa shape index (κ2) is 12.8. The van der Waals surface area contributed by atoms with Crippen LogP contribution in [-0.2, 0) is 22.8 Å². The maximum absolute atomic E-state index is 14.4. The molecule has 44 heavy (non-hydrogen) atoms. The van der Waals surface area contributed by atoms with Crippen LogP contribution in [-0.4, -0.2) is 28.2 Å². The Labute approximate surface area is 253 Å². The maximum Gasteiger partial charge on any atom is 0.417 e. The minimum Gasteiger partial charge on any atom is -0.444 e. The summed E-state index contributed by atoms with van der Waals surface area (Å²) in [5.74, 6) is -1.45. The Hall–Kier alpha value is -4.86. The average molecular weight is 606 g/mol. The second-order valence-corrected chi connectivity index (χ2v) is 11.4. The summed E-state index contributed by atoms with van der Waals surface area (Å²) in [6.07, 6.45) is -5.63. The van der Waals surface area contributed by atoms with Gasteiger partial charge in [-0.05, 0) is 62.6 Å². The fourth-order valence-corrected chi connectivity index (χ4v) is 4.96. The van der Waals surface area contributed by atoms with Crippen LogP contribution in [0.25, 0.3) is 11.1 Å². The van der Waals surface area contributed by atoms with E-state index in [1.807, 2.05) is 12.1 Å². The molecule has 0 radical (unpaired) electrons. The maximum atomic E-state index is 14.4. The summed E-state index contributed by atoms with van der Waals surface area (Å²) in [6.45, 7) is 6.60. The number of nitrogens with one attached hydrogen (secondary N) is 2. The van der Waals surface area contributed by atoms with E-state index in [1.165, 1.54) is 35.9 Å². The summed E-state index contributed by atoms with van der Waals surface area (Å²) in [4.78, 5) is 38.9. The highest BCUT2D eigenvalue weighted by molar-refractivity contribution is 5.98. The summed E-state index contributed by atoms with van der Waals surface area (Å²) >= 11 is 0.